The van der Waals surface area contributed by atoms with E-state index >= 15 is 0 Å². The number of anilines is 1. The SMILES string of the molecule is Cc1cc(C(=O)CSc2nnc(N)n2C(C)C)c(C)n1CCc1cccs1. The van der Waals surface area contributed by atoms with E-state index in [4.69, 9.17) is 5.73 Å². The van der Waals surface area contributed by atoms with Crippen LogP contribution in [0.5, 0.6) is 0 Å². The zero-order valence-electron chi connectivity index (χ0n) is 16.1. The molecule has 0 atom stereocenters. The second-order valence-electron chi connectivity index (χ2n) is 6.78. The topological polar surface area (TPSA) is 78.7 Å². The number of rotatable bonds is 8. The Bertz CT molecular complexity index is 924. The second-order valence-corrected chi connectivity index (χ2v) is 8.76. The third-order valence-electron chi connectivity index (χ3n) is 4.58. The molecule has 27 heavy (non-hydrogen) atoms. The van der Waals surface area contributed by atoms with Crippen LogP contribution >= 0.6 is 23.1 Å². The van der Waals surface area contributed by atoms with Crippen LogP contribution in [0.1, 0.15) is 46.5 Å². The summed E-state index contributed by atoms with van der Waals surface area (Å²) in [6.45, 7) is 9.01. The largest absolute Gasteiger partial charge is 0.368 e. The van der Waals surface area contributed by atoms with Crippen LogP contribution in [0, 0.1) is 13.8 Å². The van der Waals surface area contributed by atoms with Crippen LogP contribution < -0.4 is 5.73 Å². The number of hydrogen-bond donors (Lipinski definition) is 1. The van der Waals surface area contributed by atoms with Gasteiger partial charge in [-0.3, -0.25) is 9.36 Å². The number of nitrogens with zero attached hydrogens (tertiary/aromatic N) is 4. The zero-order chi connectivity index (χ0) is 19.6. The molecule has 0 amide bonds. The fourth-order valence-electron chi connectivity index (χ4n) is 3.18. The minimum absolute atomic E-state index is 0.104. The van der Waals surface area contributed by atoms with Gasteiger partial charge in [0.25, 0.3) is 0 Å². The van der Waals surface area contributed by atoms with Gasteiger partial charge >= 0.3 is 0 Å². The van der Waals surface area contributed by atoms with Gasteiger partial charge in [-0.2, -0.15) is 0 Å². The molecule has 0 fully saturated rings. The first-order chi connectivity index (χ1) is 12.9. The fourth-order valence-corrected chi connectivity index (χ4v) is 4.84. The van der Waals surface area contributed by atoms with Crippen molar-refractivity contribution < 1.29 is 4.79 Å². The predicted molar refractivity (Wildman–Crippen MR) is 112 cm³/mol. The number of carbonyl (C=O) groups is 1. The second kappa shape index (κ2) is 8.31. The highest BCUT2D eigenvalue weighted by Crippen LogP contribution is 2.25. The van der Waals surface area contributed by atoms with Crippen molar-refractivity contribution in [2.45, 2.75) is 51.9 Å². The lowest BCUT2D eigenvalue weighted by Crippen LogP contribution is -2.10. The van der Waals surface area contributed by atoms with Gasteiger partial charge < -0.3 is 10.3 Å². The fraction of sp³-hybridized carbons (Fsp3) is 0.421. The number of Topliss-reactive ketones (excluding diaryl/α,β-unsaturated/α-hetero) is 1. The monoisotopic (exact) mass is 403 g/mol. The molecule has 0 spiro atoms. The molecule has 0 aliphatic rings. The molecule has 0 aromatic carbocycles. The molecule has 0 saturated carbocycles. The van der Waals surface area contributed by atoms with Gasteiger partial charge in [-0.15, -0.1) is 21.5 Å². The minimum Gasteiger partial charge on any atom is -0.368 e. The smallest absolute Gasteiger partial charge is 0.222 e. The Labute approximate surface area is 167 Å². The molecule has 3 rings (SSSR count). The first kappa shape index (κ1) is 19.7. The molecule has 0 aliphatic carbocycles. The summed E-state index contributed by atoms with van der Waals surface area (Å²) in [5, 5.41) is 10.8. The van der Waals surface area contributed by atoms with Crippen molar-refractivity contribution in [2.75, 3.05) is 11.5 Å². The van der Waals surface area contributed by atoms with Gasteiger partial charge in [0.1, 0.15) is 0 Å². The molecule has 0 saturated heterocycles. The van der Waals surface area contributed by atoms with Crippen LogP contribution in [0.15, 0.2) is 28.7 Å². The average molecular weight is 404 g/mol. The van der Waals surface area contributed by atoms with Crippen LogP contribution in [0.25, 0.3) is 0 Å². The number of nitrogens with two attached hydrogens (primary N) is 1. The molecule has 6 nitrogen and oxygen atoms in total. The molecule has 3 heterocycles. The Balaban J connectivity index is 1.69. The van der Waals surface area contributed by atoms with E-state index in [9.17, 15) is 4.79 Å². The number of hydrogen-bond acceptors (Lipinski definition) is 6. The molecule has 0 aliphatic heterocycles. The predicted octanol–water partition coefficient (Wildman–Crippen LogP) is 4.14. The first-order valence-electron chi connectivity index (χ1n) is 8.94. The summed E-state index contributed by atoms with van der Waals surface area (Å²) < 4.78 is 4.08. The van der Waals surface area contributed by atoms with Gasteiger partial charge in [-0.1, -0.05) is 17.8 Å². The van der Waals surface area contributed by atoms with Gasteiger partial charge in [0.2, 0.25) is 5.95 Å². The van der Waals surface area contributed by atoms with E-state index in [0.29, 0.717) is 16.9 Å². The Morgan fingerprint density at radius 3 is 2.78 bits per heavy atom. The summed E-state index contributed by atoms with van der Waals surface area (Å²) in [5.41, 5.74) is 8.80. The van der Waals surface area contributed by atoms with Crippen LogP contribution in [0.2, 0.25) is 0 Å². The van der Waals surface area contributed by atoms with Crippen LogP contribution in [-0.4, -0.2) is 30.9 Å². The summed E-state index contributed by atoms with van der Waals surface area (Å²) in [7, 11) is 0. The standard InChI is InChI=1S/C19H25N5OS2/c1-12(2)24-18(20)21-22-19(24)27-11-17(25)16-10-13(3)23(14(16)4)8-7-15-6-5-9-26-15/h5-6,9-10,12H,7-8,11H2,1-4H3,(H2,20,21). The number of carbonyl (C=O) groups excluding carboxylic acids is 1. The molecule has 3 aromatic rings. The van der Waals surface area contributed by atoms with Crippen LogP contribution in [0.3, 0.4) is 0 Å². The van der Waals surface area contributed by atoms with Crippen molar-refractivity contribution in [3.8, 4) is 0 Å². The third kappa shape index (κ3) is 4.27. The zero-order valence-corrected chi connectivity index (χ0v) is 17.7. The van der Waals surface area contributed by atoms with E-state index in [-0.39, 0.29) is 11.8 Å². The van der Waals surface area contributed by atoms with Crippen molar-refractivity contribution >= 4 is 34.8 Å². The normalized spacial score (nSPS) is 11.4. The van der Waals surface area contributed by atoms with Gasteiger partial charge in [-0.05, 0) is 51.6 Å². The number of thiophene rings is 1. The number of aromatic nitrogens is 4. The van der Waals surface area contributed by atoms with Crippen molar-refractivity contribution in [2.24, 2.45) is 0 Å². The van der Waals surface area contributed by atoms with Crippen LogP contribution in [0.4, 0.5) is 5.95 Å². The highest BCUT2D eigenvalue weighted by Gasteiger charge is 2.19. The highest BCUT2D eigenvalue weighted by atomic mass is 32.2. The maximum Gasteiger partial charge on any atom is 0.222 e. The third-order valence-corrected chi connectivity index (χ3v) is 6.45. The molecule has 0 radical (unpaired) electrons. The lowest BCUT2D eigenvalue weighted by molar-refractivity contribution is 0.102. The van der Waals surface area contributed by atoms with E-state index in [2.05, 4.69) is 39.2 Å². The van der Waals surface area contributed by atoms with Crippen molar-refractivity contribution in [3.05, 3.63) is 45.4 Å². The van der Waals surface area contributed by atoms with Crippen LogP contribution in [-0.2, 0) is 13.0 Å². The number of nitrogen functional groups attached to an aromatic ring is 1. The first-order valence-corrected chi connectivity index (χ1v) is 10.8. The molecular formula is C19H25N5OS2. The summed E-state index contributed by atoms with van der Waals surface area (Å²) >= 11 is 3.16. The van der Waals surface area contributed by atoms with E-state index < -0.39 is 0 Å². The van der Waals surface area contributed by atoms with Gasteiger partial charge in [-0.25, -0.2) is 0 Å². The van der Waals surface area contributed by atoms with E-state index in [1.54, 1.807) is 11.3 Å². The van der Waals surface area contributed by atoms with E-state index in [0.717, 1.165) is 29.9 Å². The van der Waals surface area contributed by atoms with E-state index in [1.807, 2.05) is 31.4 Å². The highest BCUT2D eigenvalue weighted by molar-refractivity contribution is 7.99. The maximum atomic E-state index is 12.8. The van der Waals surface area contributed by atoms with E-state index in [1.165, 1.54) is 16.6 Å². The molecule has 2 N–H and O–H groups in total. The van der Waals surface area contributed by atoms with Gasteiger partial charge in [0.05, 0.1) is 5.75 Å². The lowest BCUT2D eigenvalue weighted by Gasteiger charge is -2.11. The summed E-state index contributed by atoms with van der Waals surface area (Å²) in [6.07, 6.45) is 0.979. The summed E-state index contributed by atoms with van der Waals surface area (Å²) in [6, 6.07) is 6.37. The van der Waals surface area contributed by atoms with Gasteiger partial charge in [0.15, 0.2) is 10.9 Å². The molecule has 8 heteroatoms. The quantitative estimate of drug-likeness (QED) is 0.452. The maximum absolute atomic E-state index is 12.8. The Morgan fingerprint density at radius 2 is 2.11 bits per heavy atom. The van der Waals surface area contributed by atoms with Gasteiger partial charge in [0, 0.05) is 34.4 Å². The molecule has 0 unspecified atom stereocenters. The molecule has 0 bridgehead atoms. The Hall–Kier alpha value is -2.06. The number of ketones is 1. The van der Waals surface area contributed by atoms with Crippen molar-refractivity contribution in [1.82, 2.24) is 19.3 Å². The minimum atomic E-state index is 0.104. The Kier molecular flexibility index (Phi) is 6.06. The number of thioether (sulfide) groups is 1. The Morgan fingerprint density at radius 1 is 1.33 bits per heavy atom. The van der Waals surface area contributed by atoms with Crippen molar-refractivity contribution in [3.63, 3.8) is 0 Å². The lowest BCUT2D eigenvalue weighted by atomic mass is 10.2. The summed E-state index contributed by atoms with van der Waals surface area (Å²) in [4.78, 5) is 14.2. The molecule has 3 aromatic heterocycles. The average Bonchev–Trinajstić information content (AvgIpc) is 3.32. The molecular weight excluding hydrogens is 378 g/mol. The summed E-state index contributed by atoms with van der Waals surface area (Å²) in [5.74, 6) is 0.805. The van der Waals surface area contributed by atoms with Crippen molar-refractivity contribution in [1.29, 1.82) is 0 Å². The molecule has 144 valence electrons. The number of aryl methyl sites for hydroxylation is 2.